The van der Waals surface area contributed by atoms with E-state index in [0.29, 0.717) is 24.5 Å². The molecule has 2 aromatic rings. The summed E-state index contributed by atoms with van der Waals surface area (Å²) in [6, 6.07) is 11.5. The number of rotatable bonds is 3. The van der Waals surface area contributed by atoms with Crippen molar-refractivity contribution < 1.29 is 19.0 Å². The molecule has 0 aromatic heterocycles. The molecule has 1 fully saturated rings. The van der Waals surface area contributed by atoms with Crippen molar-refractivity contribution in [3.05, 3.63) is 52.0 Å². The zero-order valence-corrected chi connectivity index (χ0v) is 16.1. The molecule has 0 bridgehead atoms. The molecule has 1 amide bonds. The van der Waals surface area contributed by atoms with Crippen LogP contribution < -0.4 is 14.2 Å². The van der Waals surface area contributed by atoms with E-state index in [2.05, 4.69) is 15.9 Å². The van der Waals surface area contributed by atoms with E-state index in [1.54, 1.807) is 7.11 Å². The minimum Gasteiger partial charge on any atom is -0.496 e. The monoisotopic (exact) mass is 417 g/mol. The van der Waals surface area contributed by atoms with E-state index < -0.39 is 0 Å². The minimum absolute atomic E-state index is 0.0331. The number of methoxy groups -OCH3 is 1. The molecule has 1 atom stereocenters. The van der Waals surface area contributed by atoms with Crippen LogP contribution in [-0.4, -0.2) is 37.7 Å². The Morgan fingerprint density at radius 1 is 1.15 bits per heavy atom. The van der Waals surface area contributed by atoms with Gasteiger partial charge in [0.2, 0.25) is 0 Å². The molecular weight excluding hydrogens is 398 g/mol. The fraction of sp³-hybridized carbons (Fsp3) is 0.350. The fourth-order valence-corrected chi connectivity index (χ4v) is 4.13. The van der Waals surface area contributed by atoms with Gasteiger partial charge in [0.1, 0.15) is 19.0 Å². The normalized spacial score (nSPS) is 18.7. The van der Waals surface area contributed by atoms with Crippen LogP contribution >= 0.6 is 15.9 Å². The molecule has 1 unspecified atom stereocenters. The van der Waals surface area contributed by atoms with Crippen LogP contribution in [0.2, 0.25) is 0 Å². The first-order valence-corrected chi connectivity index (χ1v) is 9.51. The molecule has 0 saturated carbocycles. The van der Waals surface area contributed by atoms with Gasteiger partial charge in [-0.3, -0.25) is 4.79 Å². The van der Waals surface area contributed by atoms with Crippen molar-refractivity contribution >= 4 is 21.8 Å². The fourth-order valence-electron chi connectivity index (χ4n) is 3.59. The number of fused-ring (bicyclic) bond motifs is 1. The number of carbonyl (C=O) groups excluding carboxylic acids is 1. The third kappa shape index (κ3) is 3.14. The van der Waals surface area contributed by atoms with Crippen LogP contribution in [0.3, 0.4) is 0 Å². The van der Waals surface area contributed by atoms with Crippen molar-refractivity contribution in [2.45, 2.75) is 18.9 Å². The van der Waals surface area contributed by atoms with E-state index in [9.17, 15) is 4.79 Å². The number of hydrogen-bond acceptors (Lipinski definition) is 4. The topological polar surface area (TPSA) is 48.0 Å². The van der Waals surface area contributed by atoms with Crippen LogP contribution in [0.25, 0.3) is 0 Å². The molecule has 0 radical (unpaired) electrons. The average molecular weight is 418 g/mol. The van der Waals surface area contributed by atoms with E-state index in [-0.39, 0.29) is 11.9 Å². The summed E-state index contributed by atoms with van der Waals surface area (Å²) in [7, 11) is 1.61. The highest BCUT2D eigenvalue weighted by Gasteiger charge is 2.31. The molecule has 1 saturated heterocycles. The highest BCUT2D eigenvalue weighted by molar-refractivity contribution is 9.10. The van der Waals surface area contributed by atoms with E-state index in [1.807, 2.05) is 41.3 Å². The molecule has 4 rings (SSSR count). The molecule has 0 N–H and O–H groups in total. The minimum atomic E-state index is 0.0331. The van der Waals surface area contributed by atoms with Crippen LogP contribution in [0.15, 0.2) is 40.9 Å². The van der Waals surface area contributed by atoms with Crippen LogP contribution in [-0.2, 0) is 0 Å². The van der Waals surface area contributed by atoms with Gasteiger partial charge in [-0.15, -0.1) is 0 Å². The Morgan fingerprint density at radius 2 is 1.96 bits per heavy atom. The van der Waals surface area contributed by atoms with Gasteiger partial charge in [0.15, 0.2) is 11.5 Å². The van der Waals surface area contributed by atoms with E-state index in [4.69, 9.17) is 14.2 Å². The molecule has 5 nitrogen and oxygen atoms in total. The van der Waals surface area contributed by atoms with Crippen LogP contribution in [0, 0.1) is 0 Å². The van der Waals surface area contributed by atoms with Gasteiger partial charge in [0, 0.05) is 12.1 Å². The summed E-state index contributed by atoms with van der Waals surface area (Å²) in [4.78, 5) is 15.0. The highest BCUT2D eigenvalue weighted by atomic mass is 79.9. The Labute approximate surface area is 161 Å². The maximum atomic E-state index is 13.1. The lowest BCUT2D eigenvalue weighted by molar-refractivity contribution is 0.0735. The maximum absolute atomic E-state index is 13.1. The van der Waals surface area contributed by atoms with Gasteiger partial charge < -0.3 is 19.1 Å². The molecule has 136 valence electrons. The third-order valence-electron chi connectivity index (χ3n) is 4.86. The third-order valence-corrected chi connectivity index (χ3v) is 5.48. The molecule has 2 aliphatic heterocycles. The van der Waals surface area contributed by atoms with Gasteiger partial charge in [-0.2, -0.15) is 0 Å². The van der Waals surface area contributed by atoms with Gasteiger partial charge in [-0.05, 0) is 64.7 Å². The number of amides is 1. The van der Waals surface area contributed by atoms with Crippen LogP contribution in [0.1, 0.15) is 34.8 Å². The van der Waals surface area contributed by atoms with Gasteiger partial charge >= 0.3 is 0 Å². The molecule has 0 spiro atoms. The Balaban J connectivity index is 1.60. The van der Waals surface area contributed by atoms with Crippen molar-refractivity contribution in [2.24, 2.45) is 0 Å². The molecule has 6 heteroatoms. The van der Waals surface area contributed by atoms with Crippen LogP contribution in [0.5, 0.6) is 17.2 Å². The summed E-state index contributed by atoms with van der Waals surface area (Å²) < 4.78 is 17.3. The standard InChI is InChI=1S/C20H20BrNO4/c1-24-17-6-5-14(11-15(17)21)20(23)22-8-2-3-16(22)13-4-7-18-19(12-13)26-10-9-25-18/h4-7,11-12,16H,2-3,8-10H2,1H3. The predicted molar refractivity (Wildman–Crippen MR) is 101 cm³/mol. The maximum Gasteiger partial charge on any atom is 0.254 e. The molecular formula is C20H20BrNO4. The summed E-state index contributed by atoms with van der Waals surface area (Å²) in [5.41, 5.74) is 1.75. The lowest BCUT2D eigenvalue weighted by atomic mass is 10.0. The summed E-state index contributed by atoms with van der Waals surface area (Å²) >= 11 is 3.46. The second kappa shape index (κ2) is 7.19. The lowest BCUT2D eigenvalue weighted by Crippen LogP contribution is -2.30. The quantitative estimate of drug-likeness (QED) is 0.750. The average Bonchev–Trinajstić information content (AvgIpc) is 3.16. The number of hydrogen-bond donors (Lipinski definition) is 0. The SMILES string of the molecule is COc1ccc(C(=O)N2CCCC2c2ccc3c(c2)OCCO3)cc1Br. The summed E-state index contributed by atoms with van der Waals surface area (Å²) in [6.45, 7) is 1.89. The van der Waals surface area contributed by atoms with Crippen molar-refractivity contribution in [1.82, 2.24) is 4.90 Å². The van der Waals surface area contributed by atoms with Crippen molar-refractivity contribution in [2.75, 3.05) is 26.9 Å². The first-order valence-electron chi connectivity index (χ1n) is 8.71. The van der Waals surface area contributed by atoms with Gasteiger partial charge in [0.05, 0.1) is 17.6 Å². The molecule has 2 aromatic carbocycles. The summed E-state index contributed by atoms with van der Waals surface area (Å²) in [5, 5.41) is 0. The summed E-state index contributed by atoms with van der Waals surface area (Å²) in [6.07, 6.45) is 1.94. The number of ether oxygens (including phenoxy) is 3. The first-order chi connectivity index (χ1) is 12.7. The van der Waals surface area contributed by atoms with Crippen LogP contribution in [0.4, 0.5) is 0 Å². The molecule has 0 aliphatic carbocycles. The number of benzene rings is 2. The zero-order chi connectivity index (χ0) is 18.1. The molecule has 2 heterocycles. The zero-order valence-electron chi connectivity index (χ0n) is 14.5. The van der Waals surface area contributed by atoms with E-state index in [1.165, 1.54) is 0 Å². The van der Waals surface area contributed by atoms with Gasteiger partial charge in [0.25, 0.3) is 5.91 Å². The van der Waals surface area contributed by atoms with E-state index >= 15 is 0 Å². The Hall–Kier alpha value is -2.21. The van der Waals surface area contributed by atoms with Crippen molar-refractivity contribution in [3.63, 3.8) is 0 Å². The Kier molecular flexibility index (Phi) is 4.76. The second-order valence-corrected chi connectivity index (χ2v) is 7.26. The largest absolute Gasteiger partial charge is 0.496 e. The number of halogens is 1. The Bertz CT molecular complexity index is 839. The lowest BCUT2D eigenvalue weighted by Gasteiger charge is -2.27. The predicted octanol–water partition coefficient (Wildman–Crippen LogP) is 4.21. The highest BCUT2D eigenvalue weighted by Crippen LogP contribution is 2.39. The van der Waals surface area contributed by atoms with E-state index in [0.717, 1.165) is 40.9 Å². The number of likely N-dealkylation sites (tertiary alicyclic amines) is 1. The summed E-state index contributed by atoms with van der Waals surface area (Å²) in [5.74, 6) is 2.28. The number of nitrogens with zero attached hydrogens (tertiary/aromatic N) is 1. The number of carbonyl (C=O) groups is 1. The van der Waals surface area contributed by atoms with Gasteiger partial charge in [-0.1, -0.05) is 6.07 Å². The smallest absolute Gasteiger partial charge is 0.254 e. The first kappa shape index (κ1) is 17.2. The van der Waals surface area contributed by atoms with Crippen molar-refractivity contribution in [1.29, 1.82) is 0 Å². The molecule has 2 aliphatic rings. The Morgan fingerprint density at radius 3 is 2.73 bits per heavy atom. The van der Waals surface area contributed by atoms with Gasteiger partial charge in [-0.25, -0.2) is 0 Å². The van der Waals surface area contributed by atoms with Crippen molar-refractivity contribution in [3.8, 4) is 17.2 Å². The molecule has 26 heavy (non-hydrogen) atoms. The second-order valence-electron chi connectivity index (χ2n) is 6.41.